The molecule has 0 radical (unpaired) electrons. The number of benzene rings is 2. The van der Waals surface area contributed by atoms with Crippen LogP contribution in [0.4, 0.5) is 8.78 Å². The van der Waals surface area contributed by atoms with Crippen molar-refractivity contribution >= 4 is 11.8 Å². The Morgan fingerprint density at radius 2 is 1.89 bits per heavy atom. The molecule has 5 nitrogen and oxygen atoms in total. The Labute approximate surface area is 212 Å². The fraction of sp³-hybridized carbons (Fsp3) is 0.214. The van der Waals surface area contributed by atoms with Gasteiger partial charge in [0.05, 0.1) is 29.8 Å². The van der Waals surface area contributed by atoms with Crippen LogP contribution in [0.25, 0.3) is 11.1 Å². The second kappa shape index (κ2) is 9.87. The van der Waals surface area contributed by atoms with Crippen LogP contribution in [0.2, 0.25) is 0 Å². The Kier molecular flexibility index (Phi) is 6.64. The number of nitrogens with two attached hydrogens (primary N) is 1. The lowest BCUT2D eigenvalue weighted by Crippen LogP contribution is -2.33. The van der Waals surface area contributed by atoms with E-state index in [-0.39, 0.29) is 40.7 Å². The molecule has 0 saturated heterocycles. The molecule has 0 bridgehead atoms. The number of hydrogen-bond acceptors (Lipinski definition) is 5. The van der Waals surface area contributed by atoms with Gasteiger partial charge in [0.2, 0.25) is 0 Å². The number of ether oxygens (including phenoxy) is 1. The second-order valence-electron chi connectivity index (χ2n) is 8.73. The smallest absolute Gasteiger partial charge is 0.260 e. The first-order valence-corrected chi connectivity index (χ1v) is 12.5. The predicted molar refractivity (Wildman–Crippen MR) is 138 cm³/mol. The summed E-state index contributed by atoms with van der Waals surface area (Å²) in [6.07, 6.45) is 3.59. The van der Waals surface area contributed by atoms with Crippen molar-refractivity contribution in [1.82, 2.24) is 9.55 Å². The summed E-state index contributed by atoms with van der Waals surface area (Å²) in [5.74, 6) is -0.332. The molecule has 184 valence electrons. The number of pyridine rings is 2. The number of fused-ring (bicyclic) bond motifs is 1. The minimum atomic E-state index is -0.613. The van der Waals surface area contributed by atoms with Gasteiger partial charge in [-0.3, -0.25) is 14.3 Å². The molecule has 0 saturated carbocycles. The molecule has 36 heavy (non-hydrogen) atoms. The largest absolute Gasteiger partial charge is 0.494 e. The van der Waals surface area contributed by atoms with Crippen molar-refractivity contribution in [1.29, 1.82) is 0 Å². The highest BCUT2D eigenvalue weighted by Crippen LogP contribution is 2.43. The Morgan fingerprint density at radius 1 is 1.14 bits per heavy atom. The van der Waals surface area contributed by atoms with Crippen LogP contribution in [0.15, 0.2) is 76.8 Å². The van der Waals surface area contributed by atoms with E-state index < -0.39 is 11.9 Å². The van der Waals surface area contributed by atoms with Gasteiger partial charge in [-0.2, -0.15) is 0 Å². The summed E-state index contributed by atoms with van der Waals surface area (Å²) in [5.41, 5.74) is 9.46. The van der Waals surface area contributed by atoms with Gasteiger partial charge in [0.25, 0.3) is 5.56 Å². The van der Waals surface area contributed by atoms with E-state index in [2.05, 4.69) is 4.98 Å². The van der Waals surface area contributed by atoms with Gasteiger partial charge < -0.3 is 10.5 Å². The number of rotatable bonds is 6. The van der Waals surface area contributed by atoms with E-state index in [9.17, 15) is 9.18 Å². The van der Waals surface area contributed by atoms with E-state index in [1.807, 2.05) is 12.1 Å². The van der Waals surface area contributed by atoms with Crippen molar-refractivity contribution in [3.05, 3.63) is 111 Å². The topological polar surface area (TPSA) is 70.1 Å². The van der Waals surface area contributed by atoms with Crippen LogP contribution in [-0.2, 0) is 6.42 Å². The number of methoxy groups -OCH3 is 1. The summed E-state index contributed by atoms with van der Waals surface area (Å²) in [4.78, 5) is 18.1. The molecule has 0 aliphatic carbocycles. The van der Waals surface area contributed by atoms with Crippen molar-refractivity contribution in [2.45, 2.75) is 30.5 Å². The second-order valence-corrected chi connectivity index (χ2v) is 9.74. The fourth-order valence-corrected chi connectivity index (χ4v) is 6.26. The van der Waals surface area contributed by atoms with Gasteiger partial charge in [0.15, 0.2) is 11.6 Å². The molecule has 2 aromatic carbocycles. The van der Waals surface area contributed by atoms with E-state index in [0.717, 1.165) is 16.2 Å². The highest BCUT2D eigenvalue weighted by atomic mass is 32.2. The first-order chi connectivity index (χ1) is 17.4. The maximum absolute atomic E-state index is 15.4. The van der Waals surface area contributed by atoms with Crippen molar-refractivity contribution < 1.29 is 13.5 Å². The molecule has 4 aromatic rings. The maximum atomic E-state index is 15.4. The molecule has 0 spiro atoms. The molecular weight excluding hydrogens is 480 g/mol. The maximum Gasteiger partial charge on any atom is 0.260 e. The summed E-state index contributed by atoms with van der Waals surface area (Å²) < 4.78 is 37.0. The minimum Gasteiger partial charge on any atom is -0.494 e. The van der Waals surface area contributed by atoms with Gasteiger partial charge >= 0.3 is 0 Å². The number of nitrogens with zero attached hydrogens (tertiary/aromatic N) is 2. The highest BCUT2D eigenvalue weighted by Gasteiger charge is 2.35. The molecule has 2 N–H and O–H groups in total. The third kappa shape index (κ3) is 4.10. The lowest BCUT2D eigenvalue weighted by atomic mass is 9.93. The van der Waals surface area contributed by atoms with E-state index in [1.165, 1.54) is 31.0 Å². The van der Waals surface area contributed by atoms with E-state index in [4.69, 9.17) is 10.5 Å². The van der Waals surface area contributed by atoms with Crippen molar-refractivity contribution in [3.8, 4) is 16.9 Å². The van der Waals surface area contributed by atoms with E-state index >= 15 is 4.39 Å². The highest BCUT2D eigenvalue weighted by molar-refractivity contribution is 7.99. The Bertz CT molecular complexity index is 1490. The number of hydrogen-bond donors (Lipinski definition) is 1. The van der Waals surface area contributed by atoms with Crippen LogP contribution in [-0.4, -0.2) is 22.4 Å². The van der Waals surface area contributed by atoms with Crippen LogP contribution in [0, 0.1) is 18.6 Å². The molecule has 0 amide bonds. The first-order valence-electron chi connectivity index (χ1n) is 11.5. The summed E-state index contributed by atoms with van der Waals surface area (Å²) in [6, 6.07) is 14.1. The summed E-state index contributed by atoms with van der Waals surface area (Å²) >= 11 is 1.52. The molecule has 3 heterocycles. The number of thioether (sulfide) groups is 1. The summed E-state index contributed by atoms with van der Waals surface area (Å²) in [7, 11) is 1.38. The fourth-order valence-electron chi connectivity index (χ4n) is 4.82. The van der Waals surface area contributed by atoms with Crippen molar-refractivity contribution in [3.63, 3.8) is 0 Å². The zero-order valence-corrected chi connectivity index (χ0v) is 20.7. The minimum absolute atomic E-state index is 0.0480. The number of halogens is 2. The van der Waals surface area contributed by atoms with Crippen LogP contribution < -0.4 is 16.0 Å². The van der Waals surface area contributed by atoms with Gasteiger partial charge in [-0.25, -0.2) is 8.78 Å². The van der Waals surface area contributed by atoms with Crippen molar-refractivity contribution in [2.24, 2.45) is 5.73 Å². The molecule has 5 rings (SSSR count). The summed E-state index contributed by atoms with van der Waals surface area (Å²) in [6.45, 7) is 1.79. The molecule has 2 unspecified atom stereocenters. The van der Waals surface area contributed by atoms with Gasteiger partial charge in [0, 0.05) is 30.1 Å². The number of aromatic nitrogens is 2. The normalized spacial score (nSPS) is 15.5. The summed E-state index contributed by atoms with van der Waals surface area (Å²) in [5, 5.41) is 0.738. The Balaban J connectivity index is 1.76. The lowest BCUT2D eigenvalue weighted by molar-refractivity contribution is 0.387. The first kappa shape index (κ1) is 24.2. The lowest BCUT2D eigenvalue weighted by Gasteiger charge is -2.24. The Hall–Kier alpha value is -3.49. The van der Waals surface area contributed by atoms with Crippen LogP contribution in [0.1, 0.15) is 34.3 Å². The molecule has 1 aliphatic heterocycles. The molecule has 2 aromatic heterocycles. The molecule has 2 atom stereocenters. The van der Waals surface area contributed by atoms with Gasteiger partial charge in [-0.05, 0) is 53.4 Å². The quantitative estimate of drug-likeness (QED) is 0.378. The molecule has 0 fully saturated rings. The third-order valence-electron chi connectivity index (χ3n) is 6.74. The standard InChI is InChI=1S/C28H25F2N3O2S/c1-16-20(14-18-6-3-4-8-21(18)29)28-33(22(15-36-28)26(31)17-10-12-32-13-11-17)27(34)24(16)19-7-5-9-23(35-2)25(19)30/h3-13,22,26H,14-15,31H2,1-2H3. The Morgan fingerprint density at radius 3 is 2.61 bits per heavy atom. The predicted octanol–water partition coefficient (Wildman–Crippen LogP) is 5.44. The molecule has 1 aliphatic rings. The van der Waals surface area contributed by atoms with Gasteiger partial charge in [-0.1, -0.05) is 30.3 Å². The van der Waals surface area contributed by atoms with E-state index in [1.54, 1.807) is 54.2 Å². The average molecular weight is 506 g/mol. The van der Waals surface area contributed by atoms with Crippen LogP contribution in [0.3, 0.4) is 0 Å². The van der Waals surface area contributed by atoms with Gasteiger partial charge in [0.1, 0.15) is 5.82 Å². The van der Waals surface area contributed by atoms with Crippen LogP contribution >= 0.6 is 11.8 Å². The average Bonchev–Trinajstić information content (AvgIpc) is 3.34. The molecular formula is C28H25F2N3O2S. The van der Waals surface area contributed by atoms with Gasteiger partial charge in [-0.15, -0.1) is 11.8 Å². The van der Waals surface area contributed by atoms with Crippen molar-refractivity contribution in [2.75, 3.05) is 12.9 Å². The van der Waals surface area contributed by atoms with E-state index in [0.29, 0.717) is 16.9 Å². The zero-order chi connectivity index (χ0) is 25.4. The SMILES string of the molecule is COc1cccc(-c2c(C)c(Cc3ccccc3F)c3n(c2=O)C(C(N)c2ccncc2)CS3)c1F. The molecule has 8 heteroatoms. The third-order valence-corrected chi connectivity index (χ3v) is 7.97. The monoisotopic (exact) mass is 505 g/mol. The van der Waals surface area contributed by atoms with Crippen LogP contribution in [0.5, 0.6) is 5.75 Å². The zero-order valence-electron chi connectivity index (χ0n) is 19.9.